The second-order valence-electron chi connectivity index (χ2n) is 7.26. The van der Waals surface area contributed by atoms with Crippen LogP contribution in [0.5, 0.6) is 17.2 Å². The summed E-state index contributed by atoms with van der Waals surface area (Å²) in [5.74, 6) is 0.0302. The molecule has 0 fully saturated rings. The van der Waals surface area contributed by atoms with Gasteiger partial charge < -0.3 is 30.0 Å². The molecule has 186 valence electrons. The molecule has 11 nitrogen and oxygen atoms in total. The van der Waals surface area contributed by atoms with E-state index in [-0.39, 0.29) is 30.2 Å². The normalized spacial score (nSPS) is 12.1. The van der Waals surface area contributed by atoms with Crippen LogP contribution in [0.3, 0.4) is 0 Å². The fourth-order valence-corrected chi connectivity index (χ4v) is 3.71. The van der Waals surface area contributed by atoms with Gasteiger partial charge in [0.2, 0.25) is 21.7 Å². The first-order valence-electron chi connectivity index (χ1n) is 10.2. The number of nitrogens with one attached hydrogen (secondary N) is 2. The number of hydrogen-bond donors (Lipinski definition) is 3. The van der Waals surface area contributed by atoms with E-state index >= 15 is 0 Å². The van der Waals surface area contributed by atoms with Gasteiger partial charge in [0.05, 0.1) is 25.7 Å². The summed E-state index contributed by atoms with van der Waals surface area (Å²) < 4.78 is 41.5. The number of rotatable bonds is 12. The number of methoxy groups -OCH3 is 2. The molecule has 0 spiro atoms. The van der Waals surface area contributed by atoms with Crippen molar-refractivity contribution in [1.82, 2.24) is 14.9 Å². The van der Waals surface area contributed by atoms with Crippen molar-refractivity contribution in [3.63, 3.8) is 0 Å². The molecule has 0 aromatic heterocycles. The Hall–Kier alpha value is -3.35. The highest BCUT2D eigenvalue weighted by molar-refractivity contribution is 7.89. The molecule has 1 unspecified atom stereocenters. The third-order valence-corrected chi connectivity index (χ3v) is 6.43. The molecule has 12 heteroatoms. The van der Waals surface area contributed by atoms with Gasteiger partial charge in [0.15, 0.2) is 11.5 Å². The lowest BCUT2D eigenvalue weighted by Gasteiger charge is -2.17. The van der Waals surface area contributed by atoms with E-state index in [1.807, 2.05) is 0 Å². The number of carbonyl (C=O) groups is 2. The van der Waals surface area contributed by atoms with E-state index in [1.54, 1.807) is 18.2 Å². The first kappa shape index (κ1) is 26.9. The van der Waals surface area contributed by atoms with Crippen molar-refractivity contribution in [2.24, 2.45) is 0 Å². The van der Waals surface area contributed by atoms with E-state index in [0.29, 0.717) is 17.2 Å². The minimum atomic E-state index is -3.70. The first-order valence-corrected chi connectivity index (χ1v) is 11.6. The predicted octanol–water partition coefficient (Wildman–Crippen LogP) is 0.240. The number of para-hydroxylation sites is 1. The molecule has 0 radical (unpaired) electrons. The van der Waals surface area contributed by atoms with Gasteiger partial charge in [-0.2, -0.15) is 0 Å². The summed E-state index contributed by atoms with van der Waals surface area (Å²) in [6.07, 6.45) is -1.04. The van der Waals surface area contributed by atoms with Gasteiger partial charge in [0.25, 0.3) is 5.91 Å². The maximum Gasteiger partial charge on any atom is 0.251 e. The van der Waals surface area contributed by atoms with Gasteiger partial charge in [0.1, 0.15) is 12.7 Å². The maximum absolute atomic E-state index is 12.3. The summed E-state index contributed by atoms with van der Waals surface area (Å²) >= 11 is 0. The molecule has 2 aromatic carbocycles. The molecule has 2 rings (SSSR count). The Morgan fingerprint density at radius 2 is 1.65 bits per heavy atom. The van der Waals surface area contributed by atoms with Gasteiger partial charge in [-0.1, -0.05) is 12.1 Å². The SMILES string of the molecule is COc1cccc(OC)c1OCC(O)CNC(=O)CNC(=O)c1cccc(S(=O)(=O)N(C)C)c1. The van der Waals surface area contributed by atoms with Gasteiger partial charge in [-0.15, -0.1) is 0 Å². The van der Waals surface area contributed by atoms with Crippen molar-refractivity contribution in [3.05, 3.63) is 48.0 Å². The molecule has 0 aliphatic carbocycles. The van der Waals surface area contributed by atoms with Crippen LogP contribution in [-0.4, -0.2) is 83.8 Å². The third kappa shape index (κ3) is 7.07. The second kappa shape index (κ2) is 12.2. The molecule has 3 N–H and O–H groups in total. The lowest BCUT2D eigenvalue weighted by Crippen LogP contribution is -2.41. The van der Waals surface area contributed by atoms with Crippen LogP contribution in [0.4, 0.5) is 0 Å². The number of aliphatic hydroxyl groups excluding tert-OH is 1. The van der Waals surface area contributed by atoms with Crippen molar-refractivity contribution in [2.75, 3.05) is 48.0 Å². The minimum absolute atomic E-state index is 0.0376. The largest absolute Gasteiger partial charge is 0.493 e. The molecule has 1 atom stereocenters. The highest BCUT2D eigenvalue weighted by Crippen LogP contribution is 2.36. The van der Waals surface area contributed by atoms with Crippen LogP contribution in [0.15, 0.2) is 47.4 Å². The highest BCUT2D eigenvalue weighted by atomic mass is 32.2. The van der Waals surface area contributed by atoms with Crippen LogP contribution in [0.2, 0.25) is 0 Å². The van der Waals surface area contributed by atoms with Crippen LogP contribution >= 0.6 is 0 Å². The highest BCUT2D eigenvalue weighted by Gasteiger charge is 2.19. The van der Waals surface area contributed by atoms with Crippen molar-refractivity contribution in [3.8, 4) is 17.2 Å². The summed E-state index contributed by atoms with van der Waals surface area (Å²) in [7, 11) is 2.03. The molecule has 2 aromatic rings. The monoisotopic (exact) mass is 495 g/mol. The van der Waals surface area contributed by atoms with Crippen molar-refractivity contribution >= 4 is 21.8 Å². The average Bonchev–Trinajstić information content (AvgIpc) is 2.84. The smallest absolute Gasteiger partial charge is 0.251 e. The number of amides is 2. The molecular formula is C22H29N3O8S. The van der Waals surface area contributed by atoms with Gasteiger partial charge in [-0.05, 0) is 30.3 Å². The van der Waals surface area contributed by atoms with Gasteiger partial charge in [-0.25, -0.2) is 12.7 Å². The molecule has 34 heavy (non-hydrogen) atoms. The number of hydrogen-bond acceptors (Lipinski definition) is 8. The number of benzene rings is 2. The summed E-state index contributed by atoms with van der Waals surface area (Å²) in [4.78, 5) is 24.3. The Morgan fingerprint density at radius 1 is 1.03 bits per heavy atom. The Balaban J connectivity index is 1.84. The maximum atomic E-state index is 12.3. The van der Waals surface area contributed by atoms with E-state index in [4.69, 9.17) is 14.2 Å². The zero-order valence-corrected chi connectivity index (χ0v) is 20.2. The quantitative estimate of drug-likeness (QED) is 0.380. The Kier molecular flexibility index (Phi) is 9.66. The van der Waals surface area contributed by atoms with Crippen molar-refractivity contribution < 1.29 is 37.3 Å². The number of nitrogens with zero attached hydrogens (tertiary/aromatic N) is 1. The molecule has 0 saturated carbocycles. The molecule has 0 saturated heterocycles. The van der Waals surface area contributed by atoms with Crippen molar-refractivity contribution in [2.45, 2.75) is 11.0 Å². The standard InChI is InChI=1S/C22H29N3O8S/c1-25(2)34(29,30)17-8-5-7-15(11-17)22(28)24-13-20(27)23-12-16(26)14-33-21-18(31-3)9-6-10-19(21)32-4/h5-11,16,26H,12-14H2,1-4H3,(H,23,27)(H,24,28). The predicted molar refractivity (Wildman–Crippen MR) is 124 cm³/mol. The molecule has 0 bridgehead atoms. The first-order chi connectivity index (χ1) is 16.1. The third-order valence-electron chi connectivity index (χ3n) is 4.62. The number of ether oxygens (including phenoxy) is 3. The Bertz CT molecular complexity index is 1080. The van der Waals surface area contributed by atoms with Crippen LogP contribution in [-0.2, 0) is 14.8 Å². The number of carbonyl (C=O) groups excluding carboxylic acids is 2. The van der Waals surface area contributed by atoms with Crippen LogP contribution in [0, 0.1) is 0 Å². The van der Waals surface area contributed by atoms with Gasteiger partial charge in [-0.3, -0.25) is 9.59 Å². The van der Waals surface area contributed by atoms with E-state index in [1.165, 1.54) is 52.6 Å². The molecular weight excluding hydrogens is 466 g/mol. The van der Waals surface area contributed by atoms with Crippen LogP contribution in [0.25, 0.3) is 0 Å². The lowest BCUT2D eigenvalue weighted by atomic mass is 10.2. The van der Waals surface area contributed by atoms with Gasteiger partial charge in [0, 0.05) is 26.2 Å². The number of aliphatic hydroxyl groups is 1. The van der Waals surface area contributed by atoms with Crippen LogP contribution in [0.1, 0.15) is 10.4 Å². The van der Waals surface area contributed by atoms with Crippen LogP contribution < -0.4 is 24.8 Å². The minimum Gasteiger partial charge on any atom is -0.493 e. The molecule has 0 aliphatic rings. The molecule has 0 aliphatic heterocycles. The van der Waals surface area contributed by atoms with Gasteiger partial charge >= 0.3 is 0 Å². The molecule has 0 heterocycles. The fourth-order valence-electron chi connectivity index (χ4n) is 2.76. The Morgan fingerprint density at radius 3 is 2.24 bits per heavy atom. The zero-order valence-electron chi connectivity index (χ0n) is 19.4. The van der Waals surface area contributed by atoms with E-state index in [9.17, 15) is 23.1 Å². The summed E-state index contributed by atoms with van der Waals surface area (Å²) in [6.45, 7) is -0.628. The summed E-state index contributed by atoms with van der Waals surface area (Å²) in [5, 5.41) is 15.0. The van der Waals surface area contributed by atoms with E-state index in [2.05, 4.69) is 10.6 Å². The second-order valence-corrected chi connectivity index (χ2v) is 9.41. The van der Waals surface area contributed by atoms with E-state index in [0.717, 1.165) is 4.31 Å². The Labute approximate surface area is 198 Å². The number of sulfonamides is 1. The van der Waals surface area contributed by atoms with Crippen molar-refractivity contribution in [1.29, 1.82) is 0 Å². The molecule has 2 amide bonds. The topological polar surface area (TPSA) is 144 Å². The van der Waals surface area contributed by atoms with E-state index < -0.39 is 27.9 Å². The fraction of sp³-hybridized carbons (Fsp3) is 0.364. The summed E-state index contributed by atoms with van der Waals surface area (Å²) in [6, 6.07) is 10.6. The lowest BCUT2D eigenvalue weighted by molar-refractivity contribution is -0.120. The summed E-state index contributed by atoms with van der Waals surface area (Å²) in [5.41, 5.74) is 0.0925. The average molecular weight is 496 g/mol. The zero-order chi connectivity index (χ0) is 25.3.